The molecule has 4 heterocycles. The van der Waals surface area contributed by atoms with Crippen LogP contribution in [0.4, 0.5) is 14.6 Å². The fourth-order valence-electron chi connectivity index (χ4n) is 7.98. The largest absolute Gasteiger partial charge is 0.461 e. The molecule has 4 fully saturated rings. The summed E-state index contributed by atoms with van der Waals surface area (Å²) < 4.78 is 37.0. The van der Waals surface area contributed by atoms with E-state index >= 15 is 4.39 Å². The molecular weight excluding hydrogens is 596 g/mol. The lowest BCUT2D eigenvalue weighted by atomic mass is 9.95. The van der Waals surface area contributed by atoms with E-state index in [2.05, 4.69) is 16.4 Å². The molecule has 0 bridgehead atoms. The van der Waals surface area contributed by atoms with Gasteiger partial charge in [-0.05, 0) is 67.5 Å². The molecule has 0 radical (unpaired) electrons. The Balaban J connectivity index is 1.23. The van der Waals surface area contributed by atoms with Crippen molar-refractivity contribution < 1.29 is 18.3 Å². The van der Waals surface area contributed by atoms with E-state index in [-0.39, 0.29) is 29.6 Å². The summed E-state index contributed by atoms with van der Waals surface area (Å²) >= 11 is 6.63. The maximum Gasteiger partial charge on any atom is 0.319 e. The number of fused-ring (bicyclic) bond motifs is 3. The number of ether oxygens (including phenoxy) is 1. The van der Waals surface area contributed by atoms with Crippen molar-refractivity contribution in [2.45, 2.75) is 49.4 Å². The van der Waals surface area contributed by atoms with Gasteiger partial charge < -0.3 is 14.5 Å². The molecule has 4 aliphatic rings. The lowest BCUT2D eigenvalue weighted by molar-refractivity contribution is -0.129. The quantitative estimate of drug-likeness (QED) is 0.225. The van der Waals surface area contributed by atoms with Crippen molar-refractivity contribution in [2.24, 2.45) is 0 Å². The summed E-state index contributed by atoms with van der Waals surface area (Å²) in [5.41, 5.74) is 0.951. The van der Waals surface area contributed by atoms with E-state index in [0.29, 0.717) is 65.5 Å². The molecule has 1 amide bonds. The first kappa shape index (κ1) is 28.6. The van der Waals surface area contributed by atoms with Gasteiger partial charge in [0.1, 0.15) is 24.4 Å². The number of carbonyl (C=O) groups excluding carboxylic acids is 1. The number of nitrogens with zero attached hydrogens (tertiary/aromatic N) is 5. The molecule has 0 N–H and O–H groups in total. The van der Waals surface area contributed by atoms with Crippen molar-refractivity contribution in [1.29, 1.82) is 0 Å². The van der Waals surface area contributed by atoms with Gasteiger partial charge in [0.15, 0.2) is 0 Å². The molecule has 3 saturated heterocycles. The highest BCUT2D eigenvalue weighted by molar-refractivity contribution is 6.36. The molecule has 10 heteroatoms. The second-order valence-corrected chi connectivity index (χ2v) is 13.4. The van der Waals surface area contributed by atoms with Gasteiger partial charge in [0.2, 0.25) is 5.91 Å². The highest BCUT2D eigenvalue weighted by Gasteiger charge is 2.53. The average molecular weight is 630 g/mol. The SMILES string of the molecule is C=CC(=O)N1CCN(c2nc(OC[C@@]34CCCN3C[C@H](F)C4)nc3cc(-c4cccc5cccc(Cl)c45)c(F)cc23)CC12CC2. The zero-order chi connectivity index (χ0) is 30.9. The standard InChI is InChI=1S/C35H34ClF2N5O2/c1-2-30(44)43-15-14-41(20-34(43)11-12-34)32-26-16-28(38)25(24-8-3-6-22-7-4-9-27(36)31(22)24)17-29(26)39-33(40-32)45-21-35-10-5-13-42(35)19-23(37)18-35/h2-4,6-9,16-17,23H,1,5,10-15,18-21H2/t23-,35+/m1/s1. The molecule has 45 heavy (non-hydrogen) atoms. The Labute approximate surface area is 265 Å². The molecule has 1 aromatic heterocycles. The third-order valence-corrected chi connectivity index (χ3v) is 10.7. The van der Waals surface area contributed by atoms with Crippen LogP contribution in [0, 0.1) is 5.82 Å². The maximum absolute atomic E-state index is 16.2. The molecule has 232 valence electrons. The summed E-state index contributed by atoms with van der Waals surface area (Å²) in [4.78, 5) is 28.6. The maximum atomic E-state index is 16.2. The minimum absolute atomic E-state index is 0.0729. The first-order valence-corrected chi connectivity index (χ1v) is 16.1. The minimum atomic E-state index is -0.871. The van der Waals surface area contributed by atoms with Crippen LogP contribution in [0.1, 0.15) is 32.1 Å². The van der Waals surface area contributed by atoms with Crippen molar-refractivity contribution in [3.05, 3.63) is 72.0 Å². The molecule has 1 aliphatic carbocycles. The molecule has 1 spiro atoms. The number of hydrogen-bond acceptors (Lipinski definition) is 6. The van der Waals surface area contributed by atoms with Crippen LogP contribution in [-0.4, -0.2) is 82.3 Å². The minimum Gasteiger partial charge on any atom is -0.461 e. The number of hydrogen-bond donors (Lipinski definition) is 0. The number of benzene rings is 3. The molecule has 3 aliphatic heterocycles. The summed E-state index contributed by atoms with van der Waals surface area (Å²) in [5, 5.41) is 2.79. The molecule has 4 aromatic rings. The van der Waals surface area contributed by atoms with Crippen LogP contribution in [0.2, 0.25) is 5.02 Å². The molecule has 3 aromatic carbocycles. The van der Waals surface area contributed by atoms with Crippen LogP contribution in [0.15, 0.2) is 61.2 Å². The van der Waals surface area contributed by atoms with Gasteiger partial charge in [-0.15, -0.1) is 0 Å². The summed E-state index contributed by atoms with van der Waals surface area (Å²) in [6.45, 7) is 6.87. The lowest BCUT2D eigenvalue weighted by Crippen LogP contribution is -2.57. The summed E-state index contributed by atoms with van der Waals surface area (Å²) in [7, 11) is 0. The first-order valence-electron chi connectivity index (χ1n) is 15.7. The predicted molar refractivity (Wildman–Crippen MR) is 172 cm³/mol. The fourth-order valence-corrected chi connectivity index (χ4v) is 8.26. The van der Waals surface area contributed by atoms with Gasteiger partial charge in [-0.3, -0.25) is 9.69 Å². The van der Waals surface area contributed by atoms with Crippen LogP contribution in [0.25, 0.3) is 32.8 Å². The van der Waals surface area contributed by atoms with E-state index in [9.17, 15) is 9.18 Å². The van der Waals surface area contributed by atoms with E-state index < -0.39 is 12.0 Å². The summed E-state index contributed by atoms with van der Waals surface area (Å²) in [6, 6.07) is 14.8. The topological polar surface area (TPSA) is 61.8 Å². The van der Waals surface area contributed by atoms with Crippen LogP contribution >= 0.6 is 11.6 Å². The van der Waals surface area contributed by atoms with Gasteiger partial charge in [-0.2, -0.15) is 9.97 Å². The van der Waals surface area contributed by atoms with Crippen LogP contribution in [-0.2, 0) is 4.79 Å². The van der Waals surface area contributed by atoms with Gasteiger partial charge in [-0.1, -0.05) is 48.5 Å². The van der Waals surface area contributed by atoms with Gasteiger partial charge in [-0.25, -0.2) is 8.78 Å². The van der Waals surface area contributed by atoms with E-state index in [1.807, 2.05) is 35.2 Å². The fraction of sp³-hybridized carbons (Fsp3) is 0.400. The Kier molecular flexibility index (Phi) is 6.76. The van der Waals surface area contributed by atoms with E-state index in [0.717, 1.165) is 43.0 Å². The van der Waals surface area contributed by atoms with E-state index in [1.54, 1.807) is 12.1 Å². The normalized spacial score (nSPS) is 24.0. The smallest absolute Gasteiger partial charge is 0.319 e. The monoisotopic (exact) mass is 629 g/mol. The number of carbonyl (C=O) groups is 1. The van der Waals surface area contributed by atoms with E-state index in [4.69, 9.17) is 26.3 Å². The van der Waals surface area contributed by atoms with Crippen molar-refractivity contribution in [2.75, 3.05) is 44.2 Å². The molecular formula is C35H34ClF2N5O2. The third-order valence-electron chi connectivity index (χ3n) is 10.3. The lowest BCUT2D eigenvalue weighted by Gasteiger charge is -2.42. The molecule has 7 nitrogen and oxygen atoms in total. The average Bonchev–Trinajstić information content (AvgIpc) is 3.57. The van der Waals surface area contributed by atoms with Crippen molar-refractivity contribution in [3.8, 4) is 17.1 Å². The Hall–Kier alpha value is -3.82. The second-order valence-electron chi connectivity index (χ2n) is 13.0. The molecule has 0 unspecified atom stereocenters. The summed E-state index contributed by atoms with van der Waals surface area (Å²) in [5.74, 6) is 0.0932. The van der Waals surface area contributed by atoms with Crippen molar-refractivity contribution in [1.82, 2.24) is 19.8 Å². The number of rotatable bonds is 6. The molecule has 1 saturated carbocycles. The predicted octanol–water partition coefficient (Wildman–Crippen LogP) is 6.56. The Morgan fingerprint density at radius 2 is 1.91 bits per heavy atom. The highest BCUT2D eigenvalue weighted by atomic mass is 35.5. The van der Waals surface area contributed by atoms with Crippen LogP contribution in [0.5, 0.6) is 6.01 Å². The Bertz CT molecular complexity index is 1860. The second kappa shape index (κ2) is 10.6. The zero-order valence-corrected chi connectivity index (χ0v) is 25.7. The number of amides is 1. The number of piperazine rings is 1. The van der Waals surface area contributed by atoms with Crippen LogP contribution < -0.4 is 9.64 Å². The van der Waals surface area contributed by atoms with Gasteiger partial charge >= 0.3 is 6.01 Å². The van der Waals surface area contributed by atoms with Gasteiger partial charge in [0.05, 0.1) is 16.6 Å². The van der Waals surface area contributed by atoms with Crippen molar-refractivity contribution in [3.63, 3.8) is 0 Å². The number of aromatic nitrogens is 2. The van der Waals surface area contributed by atoms with Gasteiger partial charge in [0, 0.05) is 54.0 Å². The van der Waals surface area contributed by atoms with Crippen molar-refractivity contribution >= 4 is 45.0 Å². The number of alkyl halides is 1. The molecule has 8 rings (SSSR count). The number of halogens is 3. The van der Waals surface area contributed by atoms with E-state index in [1.165, 1.54) is 12.1 Å². The van der Waals surface area contributed by atoms with Crippen LogP contribution in [0.3, 0.4) is 0 Å². The van der Waals surface area contributed by atoms with Gasteiger partial charge in [0.25, 0.3) is 0 Å². The Morgan fingerprint density at radius 1 is 1.09 bits per heavy atom. The Morgan fingerprint density at radius 3 is 2.71 bits per heavy atom. The summed E-state index contributed by atoms with van der Waals surface area (Å²) in [6.07, 6.45) is 4.58. The number of anilines is 1. The highest BCUT2D eigenvalue weighted by Crippen LogP contribution is 2.47. The molecule has 2 atom stereocenters. The first-order chi connectivity index (χ1) is 21.8. The third kappa shape index (κ3) is 4.74. The zero-order valence-electron chi connectivity index (χ0n) is 24.9.